The number of rotatable bonds is 11. The van der Waals surface area contributed by atoms with Gasteiger partial charge in [-0.25, -0.2) is 0 Å². The van der Waals surface area contributed by atoms with Gasteiger partial charge in [-0.1, -0.05) is 37.6 Å². The molecule has 0 amide bonds. The summed E-state index contributed by atoms with van der Waals surface area (Å²) in [6.07, 6.45) is -6.43. The lowest BCUT2D eigenvalue weighted by atomic mass is 9.46. The molecule has 2 aliphatic carbocycles. The Morgan fingerprint density at radius 2 is 1.53 bits per heavy atom. The summed E-state index contributed by atoms with van der Waals surface area (Å²) in [5.74, 6) is 0.302. The van der Waals surface area contributed by atoms with Gasteiger partial charge in [-0.15, -0.1) is 0 Å². The fourth-order valence-electron chi connectivity index (χ4n) is 7.99. The minimum atomic E-state index is -1.62. The summed E-state index contributed by atoms with van der Waals surface area (Å²) in [6, 6.07) is 0. The molecule has 8 N–H and O–H groups in total. The molecule has 14 atom stereocenters. The van der Waals surface area contributed by atoms with E-state index in [-0.39, 0.29) is 37.1 Å². The van der Waals surface area contributed by atoms with Crippen LogP contribution >= 0.6 is 0 Å². The van der Waals surface area contributed by atoms with Crippen LogP contribution in [0.15, 0.2) is 23.8 Å². The molecule has 0 bridgehead atoms. The summed E-state index contributed by atoms with van der Waals surface area (Å²) >= 11 is 0. The molecule has 4 fully saturated rings. The normalized spacial score (nSPS) is 47.5. The first-order valence-corrected chi connectivity index (χ1v) is 15.5. The Labute approximate surface area is 253 Å². The van der Waals surface area contributed by atoms with Gasteiger partial charge in [0.05, 0.1) is 32.5 Å². The highest BCUT2D eigenvalue weighted by Crippen LogP contribution is 2.62. The Bertz CT molecular complexity index is 976. The molecule has 4 rings (SSSR count). The Morgan fingerprint density at radius 3 is 2.19 bits per heavy atom. The monoisotopic (exact) mass is 616 g/mol. The van der Waals surface area contributed by atoms with Gasteiger partial charge in [-0.3, -0.25) is 0 Å². The van der Waals surface area contributed by atoms with E-state index >= 15 is 0 Å². The molecule has 12 nitrogen and oxygen atoms in total. The number of aliphatic hydroxyl groups is 8. The lowest BCUT2D eigenvalue weighted by Gasteiger charge is -2.60. The van der Waals surface area contributed by atoms with Gasteiger partial charge in [0, 0.05) is 5.41 Å². The molecule has 2 saturated heterocycles. The summed E-state index contributed by atoms with van der Waals surface area (Å²) in [7, 11) is 0. The van der Waals surface area contributed by atoms with Crippen LogP contribution in [0.4, 0.5) is 0 Å². The summed E-state index contributed by atoms with van der Waals surface area (Å²) in [6.45, 7) is 9.83. The first-order valence-electron chi connectivity index (χ1n) is 15.5. The molecule has 0 spiro atoms. The molecular formula is C31H52O12. The second-order valence-electron chi connectivity index (χ2n) is 13.5. The van der Waals surface area contributed by atoms with Crippen molar-refractivity contribution in [3.63, 3.8) is 0 Å². The number of allylic oxidation sites excluding steroid dienone is 2. The van der Waals surface area contributed by atoms with E-state index in [0.29, 0.717) is 6.42 Å². The van der Waals surface area contributed by atoms with E-state index in [0.717, 1.165) is 37.7 Å². The van der Waals surface area contributed by atoms with Gasteiger partial charge >= 0.3 is 0 Å². The van der Waals surface area contributed by atoms with Crippen molar-refractivity contribution in [1.29, 1.82) is 0 Å². The first kappa shape index (κ1) is 34.9. The smallest absolute Gasteiger partial charge is 0.186 e. The van der Waals surface area contributed by atoms with Crippen LogP contribution < -0.4 is 0 Å². The van der Waals surface area contributed by atoms with Gasteiger partial charge in [0.1, 0.15) is 42.7 Å². The van der Waals surface area contributed by atoms with Crippen LogP contribution in [0.1, 0.15) is 59.3 Å². The molecule has 4 aliphatic rings. The van der Waals surface area contributed by atoms with E-state index in [9.17, 15) is 40.9 Å². The topological polar surface area (TPSA) is 199 Å². The third kappa shape index (κ3) is 6.91. The van der Waals surface area contributed by atoms with Crippen LogP contribution in [-0.2, 0) is 18.9 Å². The van der Waals surface area contributed by atoms with Gasteiger partial charge in [-0.05, 0) is 62.7 Å². The summed E-state index contributed by atoms with van der Waals surface area (Å²) < 4.78 is 22.8. The van der Waals surface area contributed by atoms with Crippen molar-refractivity contribution in [3.8, 4) is 0 Å². The molecule has 2 heterocycles. The van der Waals surface area contributed by atoms with Gasteiger partial charge in [0.2, 0.25) is 0 Å². The molecule has 0 aromatic rings. The molecule has 0 unspecified atom stereocenters. The van der Waals surface area contributed by atoms with Crippen LogP contribution in [0.25, 0.3) is 0 Å². The zero-order valence-corrected chi connectivity index (χ0v) is 25.5. The Morgan fingerprint density at radius 1 is 0.907 bits per heavy atom. The molecule has 0 aromatic carbocycles. The quantitative estimate of drug-likeness (QED) is 0.142. The second-order valence-corrected chi connectivity index (χ2v) is 13.5. The lowest BCUT2D eigenvalue weighted by Crippen LogP contribution is -2.61. The van der Waals surface area contributed by atoms with Crippen LogP contribution in [0.3, 0.4) is 0 Å². The highest BCUT2D eigenvalue weighted by molar-refractivity contribution is 5.18. The van der Waals surface area contributed by atoms with Crippen molar-refractivity contribution >= 4 is 0 Å². The molecule has 12 heteroatoms. The van der Waals surface area contributed by atoms with Crippen molar-refractivity contribution in [2.24, 2.45) is 22.7 Å². The molecule has 2 aliphatic heterocycles. The number of aliphatic hydroxyl groups excluding tert-OH is 8. The van der Waals surface area contributed by atoms with Crippen molar-refractivity contribution in [3.05, 3.63) is 23.8 Å². The zero-order chi connectivity index (χ0) is 31.7. The second kappa shape index (κ2) is 14.2. The fraction of sp³-hybridized carbons (Fsp3) is 0.871. The molecule has 248 valence electrons. The van der Waals surface area contributed by atoms with E-state index in [1.165, 1.54) is 5.57 Å². The summed E-state index contributed by atoms with van der Waals surface area (Å²) in [5, 5.41) is 81.9. The molecular weight excluding hydrogens is 564 g/mol. The maximum atomic E-state index is 11.3. The molecule has 0 radical (unpaired) electrons. The van der Waals surface area contributed by atoms with Gasteiger partial charge in [0.25, 0.3) is 0 Å². The molecule has 2 saturated carbocycles. The Hall–Kier alpha value is -1.00. The average Bonchev–Trinajstić information content (AvgIpc) is 3.25. The number of hydrogen-bond donors (Lipinski definition) is 8. The third-order valence-corrected chi connectivity index (χ3v) is 10.8. The summed E-state index contributed by atoms with van der Waals surface area (Å²) in [5.41, 5.74) is 1.48. The molecule has 0 aromatic heterocycles. The lowest BCUT2D eigenvalue weighted by molar-refractivity contribution is -0.320. The maximum absolute atomic E-state index is 11.3. The predicted molar refractivity (Wildman–Crippen MR) is 153 cm³/mol. The van der Waals surface area contributed by atoms with Crippen LogP contribution in [0.2, 0.25) is 0 Å². The van der Waals surface area contributed by atoms with E-state index in [1.54, 1.807) is 0 Å². The van der Waals surface area contributed by atoms with Crippen molar-refractivity contribution < 1.29 is 59.8 Å². The Kier molecular flexibility index (Phi) is 11.5. The van der Waals surface area contributed by atoms with Crippen LogP contribution in [0.5, 0.6) is 0 Å². The third-order valence-electron chi connectivity index (χ3n) is 10.8. The van der Waals surface area contributed by atoms with E-state index in [1.807, 2.05) is 19.9 Å². The predicted octanol–water partition coefficient (Wildman–Crippen LogP) is -0.265. The SMILES string of the molecule is C=C1CC[C@H]2[C@](C)(CO[C@H]3O[C@@H](CO[C@H]4O[C@@H](CO)[C@@H](O)[C@H]4O)[C@@H](O)[C@@H](O)[C@H]3O)[C@@H](O)CC[C@]2(C)[C@H]1CC/C(C)=C\CO. The maximum Gasteiger partial charge on any atom is 0.186 e. The van der Waals surface area contributed by atoms with Gasteiger partial charge in [0.15, 0.2) is 12.6 Å². The van der Waals surface area contributed by atoms with Crippen LogP contribution in [0, 0.1) is 22.7 Å². The first-order chi connectivity index (χ1) is 20.3. The average molecular weight is 617 g/mol. The number of hydrogen-bond acceptors (Lipinski definition) is 12. The highest BCUT2D eigenvalue weighted by Gasteiger charge is 2.58. The Balaban J connectivity index is 1.44. The summed E-state index contributed by atoms with van der Waals surface area (Å²) in [4.78, 5) is 0. The standard InChI is InChI=1S/C31H52O12/c1-16(10-12-32)5-7-18-17(2)6-8-21-30(18,3)11-9-22(34)31(21,4)15-41-29-27(39)25(37)24(36)20(43-29)14-40-28-26(38)23(35)19(13-33)42-28/h10,18-29,32-39H,2,5-9,11-15H2,1,3-4H3/b16-10-/t18-,19-,20-,21+,22-,23+,24+,25+,26+,27+,28-,29-,30+,31-/m0/s1. The minimum Gasteiger partial charge on any atom is -0.394 e. The van der Waals surface area contributed by atoms with E-state index in [2.05, 4.69) is 13.5 Å². The number of ether oxygens (including phenoxy) is 4. The fourth-order valence-corrected chi connectivity index (χ4v) is 7.99. The van der Waals surface area contributed by atoms with Crippen molar-refractivity contribution in [2.75, 3.05) is 26.4 Å². The zero-order valence-electron chi connectivity index (χ0n) is 25.5. The van der Waals surface area contributed by atoms with Crippen molar-refractivity contribution in [2.45, 2.75) is 121 Å². The largest absolute Gasteiger partial charge is 0.394 e. The minimum absolute atomic E-state index is 0.0103. The number of fused-ring (bicyclic) bond motifs is 1. The van der Waals surface area contributed by atoms with Crippen molar-refractivity contribution in [1.82, 2.24) is 0 Å². The van der Waals surface area contributed by atoms with Crippen LogP contribution in [-0.4, -0.2) is 129 Å². The van der Waals surface area contributed by atoms with Gasteiger partial charge < -0.3 is 59.8 Å². The van der Waals surface area contributed by atoms with E-state index in [4.69, 9.17) is 18.9 Å². The van der Waals surface area contributed by atoms with E-state index < -0.39 is 73.4 Å². The molecule has 43 heavy (non-hydrogen) atoms. The van der Waals surface area contributed by atoms with Gasteiger partial charge in [-0.2, -0.15) is 0 Å². The highest BCUT2D eigenvalue weighted by atomic mass is 16.7.